The summed E-state index contributed by atoms with van der Waals surface area (Å²) >= 11 is 0. The lowest BCUT2D eigenvalue weighted by Gasteiger charge is -2.17. The maximum absolute atomic E-state index is 5.56. The summed E-state index contributed by atoms with van der Waals surface area (Å²) in [6, 6.07) is 8.53. The molecule has 1 aromatic rings. The lowest BCUT2D eigenvalue weighted by molar-refractivity contribution is 0.0589. The zero-order valence-electron chi connectivity index (χ0n) is 10.9. The van der Waals surface area contributed by atoms with Crippen LogP contribution in [-0.4, -0.2) is 36.3 Å². The molecule has 3 nitrogen and oxygen atoms in total. The first-order valence-electron chi connectivity index (χ1n) is 6.83. The highest BCUT2D eigenvalue weighted by atomic mass is 16.6. The molecular formula is C15H20N2O. The Balaban J connectivity index is 1.58. The Bertz CT molecular complexity index is 432. The molecule has 18 heavy (non-hydrogen) atoms. The van der Waals surface area contributed by atoms with Crippen molar-refractivity contribution in [3.63, 3.8) is 0 Å². The maximum Gasteiger partial charge on any atom is 0.145 e. The number of oxime groups is 1. The van der Waals surface area contributed by atoms with Crippen molar-refractivity contribution in [2.75, 3.05) is 19.6 Å². The van der Waals surface area contributed by atoms with Gasteiger partial charge in [-0.3, -0.25) is 4.90 Å². The average Bonchev–Trinajstić information content (AvgIpc) is 3.02. The monoisotopic (exact) mass is 244 g/mol. The van der Waals surface area contributed by atoms with E-state index in [1.165, 1.54) is 37.1 Å². The second-order valence-electron chi connectivity index (χ2n) is 5.34. The van der Waals surface area contributed by atoms with E-state index in [1.54, 1.807) is 0 Å². The van der Waals surface area contributed by atoms with Crippen LogP contribution in [0.4, 0.5) is 0 Å². The average molecular weight is 244 g/mol. The second kappa shape index (κ2) is 5.11. The van der Waals surface area contributed by atoms with Crippen LogP contribution in [0.2, 0.25) is 0 Å². The van der Waals surface area contributed by atoms with Crippen molar-refractivity contribution in [1.82, 2.24) is 4.90 Å². The van der Waals surface area contributed by atoms with Gasteiger partial charge < -0.3 is 4.84 Å². The van der Waals surface area contributed by atoms with E-state index in [0.717, 1.165) is 18.7 Å². The van der Waals surface area contributed by atoms with Gasteiger partial charge in [0.05, 0.1) is 5.71 Å². The molecule has 1 unspecified atom stereocenters. The molecule has 3 rings (SSSR count). The predicted octanol–water partition coefficient (Wildman–Crippen LogP) is 2.58. The fraction of sp³-hybridized carbons (Fsp3) is 0.533. The molecule has 3 heteroatoms. The van der Waals surface area contributed by atoms with E-state index in [2.05, 4.69) is 41.2 Å². The number of hydrogen-bond donors (Lipinski definition) is 0. The molecule has 0 spiro atoms. The van der Waals surface area contributed by atoms with Crippen LogP contribution in [-0.2, 0) is 4.84 Å². The Morgan fingerprint density at radius 2 is 1.94 bits per heavy atom. The number of likely N-dealkylation sites (tertiary alicyclic amines) is 1. The summed E-state index contributed by atoms with van der Waals surface area (Å²) in [5, 5.41) is 4.25. The summed E-state index contributed by atoms with van der Waals surface area (Å²) in [4.78, 5) is 8.04. The predicted molar refractivity (Wildman–Crippen MR) is 72.9 cm³/mol. The van der Waals surface area contributed by atoms with Gasteiger partial charge in [0.15, 0.2) is 0 Å². The third-order valence-electron chi connectivity index (χ3n) is 3.78. The van der Waals surface area contributed by atoms with Crippen LogP contribution in [0.3, 0.4) is 0 Å². The van der Waals surface area contributed by atoms with E-state index in [-0.39, 0.29) is 6.10 Å². The van der Waals surface area contributed by atoms with Gasteiger partial charge in [-0.1, -0.05) is 35.0 Å². The van der Waals surface area contributed by atoms with E-state index in [1.807, 2.05) is 0 Å². The van der Waals surface area contributed by atoms with Gasteiger partial charge in [-0.15, -0.1) is 0 Å². The Kier molecular flexibility index (Phi) is 3.33. The lowest BCUT2D eigenvalue weighted by atomic mass is 10.0. The molecule has 1 atom stereocenters. The smallest absolute Gasteiger partial charge is 0.145 e. The minimum atomic E-state index is 0.249. The zero-order valence-corrected chi connectivity index (χ0v) is 10.9. The number of aryl methyl sites for hydroxylation is 1. The van der Waals surface area contributed by atoms with Gasteiger partial charge in [0.25, 0.3) is 0 Å². The first-order valence-corrected chi connectivity index (χ1v) is 6.83. The molecule has 0 bridgehead atoms. The van der Waals surface area contributed by atoms with Crippen molar-refractivity contribution in [2.45, 2.75) is 32.3 Å². The largest absolute Gasteiger partial charge is 0.390 e. The highest BCUT2D eigenvalue weighted by Crippen LogP contribution is 2.19. The minimum absolute atomic E-state index is 0.249. The Morgan fingerprint density at radius 1 is 1.22 bits per heavy atom. The van der Waals surface area contributed by atoms with Crippen molar-refractivity contribution in [3.05, 3.63) is 35.4 Å². The molecule has 2 aliphatic heterocycles. The van der Waals surface area contributed by atoms with Crippen LogP contribution < -0.4 is 0 Å². The van der Waals surface area contributed by atoms with Gasteiger partial charge in [-0.2, -0.15) is 0 Å². The standard InChI is InChI=1S/C15H20N2O/c1-12-4-6-13(7-5-12)15-10-14(18-16-15)11-17-8-2-3-9-17/h4-7,14H,2-3,8-11H2,1H3. The first-order chi connectivity index (χ1) is 8.81. The summed E-state index contributed by atoms with van der Waals surface area (Å²) in [5.41, 5.74) is 3.58. The first kappa shape index (κ1) is 11.7. The lowest BCUT2D eigenvalue weighted by Crippen LogP contribution is -2.30. The van der Waals surface area contributed by atoms with Gasteiger partial charge in [0.1, 0.15) is 6.10 Å². The van der Waals surface area contributed by atoms with Gasteiger partial charge in [-0.05, 0) is 38.4 Å². The van der Waals surface area contributed by atoms with E-state index in [9.17, 15) is 0 Å². The topological polar surface area (TPSA) is 24.8 Å². The molecule has 2 aliphatic rings. The van der Waals surface area contributed by atoms with Crippen molar-refractivity contribution < 1.29 is 4.84 Å². The van der Waals surface area contributed by atoms with E-state index < -0.39 is 0 Å². The van der Waals surface area contributed by atoms with Crippen LogP contribution >= 0.6 is 0 Å². The van der Waals surface area contributed by atoms with Crippen LogP contribution in [0.1, 0.15) is 30.4 Å². The molecule has 0 amide bonds. The summed E-state index contributed by atoms with van der Waals surface area (Å²) in [7, 11) is 0. The Labute approximate surface area is 108 Å². The Hall–Kier alpha value is -1.35. The van der Waals surface area contributed by atoms with Crippen LogP contribution in [0, 0.1) is 6.92 Å². The molecule has 1 fully saturated rings. The van der Waals surface area contributed by atoms with Crippen LogP contribution in [0.15, 0.2) is 29.4 Å². The van der Waals surface area contributed by atoms with Gasteiger partial charge in [-0.25, -0.2) is 0 Å². The highest BCUT2D eigenvalue weighted by Gasteiger charge is 2.25. The summed E-state index contributed by atoms with van der Waals surface area (Å²) in [5.74, 6) is 0. The quantitative estimate of drug-likeness (QED) is 0.816. The molecule has 0 radical (unpaired) electrons. The van der Waals surface area contributed by atoms with Crippen LogP contribution in [0.5, 0.6) is 0 Å². The minimum Gasteiger partial charge on any atom is -0.390 e. The number of rotatable bonds is 3. The highest BCUT2D eigenvalue weighted by molar-refractivity contribution is 6.01. The van der Waals surface area contributed by atoms with Crippen molar-refractivity contribution in [3.8, 4) is 0 Å². The van der Waals surface area contributed by atoms with Gasteiger partial charge in [0.2, 0.25) is 0 Å². The number of benzene rings is 1. The molecule has 1 aromatic carbocycles. The molecule has 2 heterocycles. The van der Waals surface area contributed by atoms with Crippen molar-refractivity contribution in [1.29, 1.82) is 0 Å². The fourth-order valence-electron chi connectivity index (χ4n) is 2.70. The zero-order chi connectivity index (χ0) is 12.4. The van der Waals surface area contributed by atoms with E-state index in [0.29, 0.717) is 0 Å². The van der Waals surface area contributed by atoms with Gasteiger partial charge in [0, 0.05) is 13.0 Å². The maximum atomic E-state index is 5.56. The SMILES string of the molecule is Cc1ccc(C2=NOC(CN3CCCC3)C2)cc1. The van der Waals surface area contributed by atoms with Crippen molar-refractivity contribution in [2.24, 2.45) is 5.16 Å². The fourth-order valence-corrected chi connectivity index (χ4v) is 2.70. The summed E-state index contributed by atoms with van der Waals surface area (Å²) in [6.45, 7) is 5.57. The number of hydrogen-bond acceptors (Lipinski definition) is 3. The second-order valence-corrected chi connectivity index (χ2v) is 5.34. The van der Waals surface area contributed by atoms with Gasteiger partial charge >= 0.3 is 0 Å². The molecule has 0 aromatic heterocycles. The summed E-state index contributed by atoms with van der Waals surface area (Å²) in [6.07, 6.45) is 3.86. The number of nitrogens with zero attached hydrogens (tertiary/aromatic N) is 2. The Morgan fingerprint density at radius 3 is 2.67 bits per heavy atom. The normalized spacial score (nSPS) is 24.1. The van der Waals surface area contributed by atoms with Crippen molar-refractivity contribution >= 4 is 5.71 Å². The molecule has 0 N–H and O–H groups in total. The van der Waals surface area contributed by atoms with E-state index >= 15 is 0 Å². The molecule has 96 valence electrons. The molecule has 0 aliphatic carbocycles. The van der Waals surface area contributed by atoms with E-state index in [4.69, 9.17) is 4.84 Å². The summed E-state index contributed by atoms with van der Waals surface area (Å²) < 4.78 is 0. The third-order valence-corrected chi connectivity index (χ3v) is 3.78. The third kappa shape index (κ3) is 2.56. The molecule has 1 saturated heterocycles. The van der Waals surface area contributed by atoms with Crippen LogP contribution in [0.25, 0.3) is 0 Å². The molecular weight excluding hydrogens is 224 g/mol. The molecule has 0 saturated carbocycles.